The van der Waals surface area contributed by atoms with Crippen molar-refractivity contribution in [2.24, 2.45) is 5.73 Å². The Morgan fingerprint density at radius 1 is 1.19 bits per heavy atom. The summed E-state index contributed by atoms with van der Waals surface area (Å²) >= 11 is 4.78. The predicted octanol–water partition coefficient (Wildman–Crippen LogP) is 2.53. The Kier molecular flexibility index (Phi) is 5.64. The lowest BCUT2D eigenvalue weighted by atomic mass is 10.3. The lowest BCUT2D eigenvalue weighted by Gasteiger charge is -2.11. The fourth-order valence-corrected chi connectivity index (χ4v) is 1.25. The van der Waals surface area contributed by atoms with Crippen LogP contribution in [0.25, 0.3) is 0 Å². The molecular formula is C12H17NO2S. The van der Waals surface area contributed by atoms with Crippen LogP contribution in [0.4, 0.5) is 0 Å². The number of hydrogen-bond acceptors (Lipinski definition) is 3. The van der Waals surface area contributed by atoms with Gasteiger partial charge in [0.2, 0.25) is 0 Å². The van der Waals surface area contributed by atoms with E-state index in [4.69, 9.17) is 27.4 Å². The molecule has 16 heavy (non-hydrogen) atoms. The first kappa shape index (κ1) is 12.8. The minimum Gasteiger partial charge on any atom is -0.490 e. The van der Waals surface area contributed by atoms with Gasteiger partial charge in [-0.15, -0.1) is 0 Å². The molecule has 0 fully saturated rings. The van der Waals surface area contributed by atoms with Crippen LogP contribution in [0.5, 0.6) is 11.5 Å². The van der Waals surface area contributed by atoms with Crippen LogP contribution in [-0.2, 0) is 0 Å². The van der Waals surface area contributed by atoms with E-state index in [2.05, 4.69) is 6.92 Å². The molecule has 0 bridgehead atoms. The van der Waals surface area contributed by atoms with Crippen molar-refractivity contribution in [2.45, 2.75) is 19.8 Å². The summed E-state index contributed by atoms with van der Waals surface area (Å²) in [6.07, 6.45) is 1.55. The molecular weight excluding hydrogens is 222 g/mol. The second kappa shape index (κ2) is 7.06. The maximum Gasteiger partial charge on any atom is 0.161 e. The van der Waals surface area contributed by atoms with Gasteiger partial charge in [-0.25, -0.2) is 0 Å². The zero-order valence-electron chi connectivity index (χ0n) is 9.44. The molecule has 0 spiro atoms. The molecule has 88 valence electrons. The third kappa shape index (κ3) is 4.49. The van der Waals surface area contributed by atoms with E-state index in [-0.39, 0.29) is 0 Å². The molecule has 0 unspecified atom stereocenters. The van der Waals surface area contributed by atoms with Crippen molar-refractivity contribution in [1.82, 2.24) is 0 Å². The van der Waals surface area contributed by atoms with Gasteiger partial charge in [-0.3, -0.25) is 0 Å². The van der Waals surface area contributed by atoms with Crippen LogP contribution < -0.4 is 15.2 Å². The number of nitrogens with two attached hydrogens (primary N) is 1. The topological polar surface area (TPSA) is 44.5 Å². The van der Waals surface area contributed by atoms with Gasteiger partial charge < -0.3 is 15.2 Å². The minimum atomic E-state index is 0.465. The van der Waals surface area contributed by atoms with Crippen LogP contribution in [0, 0.1) is 0 Å². The van der Waals surface area contributed by atoms with E-state index in [1.54, 1.807) is 0 Å². The van der Waals surface area contributed by atoms with Gasteiger partial charge in [-0.05, 0) is 18.6 Å². The van der Waals surface area contributed by atoms with Crippen LogP contribution in [0.1, 0.15) is 19.8 Å². The molecule has 0 saturated carbocycles. The molecule has 4 heteroatoms. The smallest absolute Gasteiger partial charge is 0.161 e. The summed E-state index contributed by atoms with van der Waals surface area (Å²) in [5.41, 5.74) is 5.40. The molecule has 1 rings (SSSR count). The third-order valence-electron chi connectivity index (χ3n) is 1.92. The third-order valence-corrected chi connectivity index (χ3v) is 2.12. The van der Waals surface area contributed by atoms with Crippen molar-refractivity contribution in [3.05, 3.63) is 24.3 Å². The first-order valence-corrected chi connectivity index (χ1v) is 5.77. The van der Waals surface area contributed by atoms with E-state index in [9.17, 15) is 0 Å². The van der Waals surface area contributed by atoms with E-state index >= 15 is 0 Å². The summed E-state index contributed by atoms with van der Waals surface area (Å²) < 4.78 is 11.1. The minimum absolute atomic E-state index is 0.465. The number of para-hydroxylation sites is 2. The Labute approximate surface area is 102 Å². The first-order valence-electron chi connectivity index (χ1n) is 5.37. The highest BCUT2D eigenvalue weighted by Gasteiger charge is 2.03. The average Bonchev–Trinajstić information content (AvgIpc) is 2.27. The predicted molar refractivity (Wildman–Crippen MR) is 69.1 cm³/mol. The van der Waals surface area contributed by atoms with Gasteiger partial charge in [0, 0.05) is 6.42 Å². The molecule has 0 aliphatic rings. The molecule has 1 aromatic rings. The average molecular weight is 239 g/mol. The van der Waals surface area contributed by atoms with E-state index in [1.165, 1.54) is 0 Å². The lowest BCUT2D eigenvalue weighted by Crippen LogP contribution is -2.12. The van der Waals surface area contributed by atoms with Crippen LogP contribution in [-0.4, -0.2) is 18.2 Å². The number of rotatable bonds is 7. The molecule has 1 aromatic carbocycles. The van der Waals surface area contributed by atoms with Crippen LogP contribution in [0.3, 0.4) is 0 Å². The number of ether oxygens (including phenoxy) is 2. The van der Waals surface area contributed by atoms with Crippen LogP contribution >= 0.6 is 12.2 Å². The van der Waals surface area contributed by atoms with Crippen LogP contribution in [0.2, 0.25) is 0 Å². The molecule has 0 atom stereocenters. The standard InChI is InChI=1S/C12H17NO2S/c1-2-8-14-10-5-3-4-6-11(10)15-9-7-12(13)16/h3-6H,2,7-9H2,1H3,(H2,13,16). The molecule has 0 heterocycles. The van der Waals surface area contributed by atoms with Crippen molar-refractivity contribution in [3.8, 4) is 11.5 Å². The highest BCUT2D eigenvalue weighted by Crippen LogP contribution is 2.26. The molecule has 0 saturated heterocycles. The Balaban J connectivity index is 2.52. The Morgan fingerprint density at radius 2 is 1.75 bits per heavy atom. The summed E-state index contributed by atoms with van der Waals surface area (Å²) in [5.74, 6) is 1.51. The molecule has 2 N–H and O–H groups in total. The second-order valence-electron chi connectivity index (χ2n) is 3.36. The van der Waals surface area contributed by atoms with Gasteiger partial charge in [0.15, 0.2) is 11.5 Å². The lowest BCUT2D eigenvalue weighted by molar-refractivity contribution is 0.273. The van der Waals surface area contributed by atoms with E-state index in [1.807, 2.05) is 24.3 Å². The Hall–Kier alpha value is -1.29. The van der Waals surface area contributed by atoms with Gasteiger partial charge in [0.25, 0.3) is 0 Å². The number of benzene rings is 1. The van der Waals surface area contributed by atoms with E-state index < -0.39 is 0 Å². The summed E-state index contributed by atoms with van der Waals surface area (Å²) in [7, 11) is 0. The monoisotopic (exact) mass is 239 g/mol. The zero-order chi connectivity index (χ0) is 11.8. The normalized spacial score (nSPS) is 9.81. The summed E-state index contributed by atoms with van der Waals surface area (Å²) in [6, 6.07) is 7.61. The van der Waals surface area contributed by atoms with Crippen molar-refractivity contribution < 1.29 is 9.47 Å². The van der Waals surface area contributed by atoms with Gasteiger partial charge in [0.05, 0.1) is 18.2 Å². The van der Waals surface area contributed by atoms with Crippen molar-refractivity contribution >= 4 is 17.2 Å². The highest BCUT2D eigenvalue weighted by molar-refractivity contribution is 7.80. The molecule has 0 aromatic heterocycles. The molecule has 0 aliphatic carbocycles. The van der Waals surface area contributed by atoms with Gasteiger partial charge in [-0.2, -0.15) is 0 Å². The maximum atomic E-state index is 5.55. The number of thiocarbonyl (C=S) groups is 1. The zero-order valence-corrected chi connectivity index (χ0v) is 10.3. The molecule has 0 amide bonds. The second-order valence-corrected chi connectivity index (χ2v) is 3.88. The van der Waals surface area contributed by atoms with Crippen molar-refractivity contribution in [1.29, 1.82) is 0 Å². The van der Waals surface area contributed by atoms with Crippen molar-refractivity contribution in [3.63, 3.8) is 0 Å². The number of hydrogen-bond donors (Lipinski definition) is 1. The van der Waals surface area contributed by atoms with Gasteiger partial charge >= 0.3 is 0 Å². The molecule has 0 radical (unpaired) electrons. The SMILES string of the molecule is CCCOc1ccccc1OCCC(N)=S. The molecule has 3 nitrogen and oxygen atoms in total. The molecule has 0 aliphatic heterocycles. The van der Waals surface area contributed by atoms with Crippen molar-refractivity contribution in [2.75, 3.05) is 13.2 Å². The van der Waals surface area contributed by atoms with Crippen LogP contribution in [0.15, 0.2) is 24.3 Å². The fourth-order valence-electron chi connectivity index (χ4n) is 1.16. The largest absolute Gasteiger partial charge is 0.490 e. The van der Waals surface area contributed by atoms with Gasteiger partial charge in [-0.1, -0.05) is 31.3 Å². The summed E-state index contributed by atoms with van der Waals surface area (Å²) in [4.78, 5) is 0.465. The maximum absolute atomic E-state index is 5.55. The summed E-state index contributed by atoms with van der Waals surface area (Å²) in [6.45, 7) is 3.24. The Bertz CT molecular complexity index is 342. The fraction of sp³-hybridized carbons (Fsp3) is 0.417. The van der Waals surface area contributed by atoms with E-state index in [0.717, 1.165) is 17.9 Å². The van der Waals surface area contributed by atoms with E-state index in [0.29, 0.717) is 24.6 Å². The highest BCUT2D eigenvalue weighted by atomic mass is 32.1. The van der Waals surface area contributed by atoms with Gasteiger partial charge in [0.1, 0.15) is 0 Å². The Morgan fingerprint density at radius 3 is 2.25 bits per heavy atom. The first-order chi connectivity index (χ1) is 7.74. The quantitative estimate of drug-likeness (QED) is 0.743. The summed E-state index contributed by atoms with van der Waals surface area (Å²) in [5, 5.41) is 0.